The van der Waals surface area contributed by atoms with Gasteiger partial charge in [-0.3, -0.25) is 9.59 Å². The van der Waals surface area contributed by atoms with Gasteiger partial charge in [0.05, 0.1) is 34.7 Å². The van der Waals surface area contributed by atoms with E-state index >= 15 is 0 Å². The number of nitrogens with zero attached hydrogens (tertiary/aromatic N) is 2. The highest BCUT2D eigenvalue weighted by atomic mass is 32.2. The number of hydrogen-bond donors (Lipinski definition) is 2. The molecule has 0 spiro atoms. The van der Waals surface area contributed by atoms with E-state index < -0.39 is 0 Å². The second-order valence-electron chi connectivity index (χ2n) is 4.41. The number of anilines is 1. The summed E-state index contributed by atoms with van der Waals surface area (Å²) in [5.74, 6) is 0.307. The third kappa shape index (κ3) is 5.67. The Bertz CT molecular complexity index is 732. The van der Waals surface area contributed by atoms with E-state index in [1.54, 1.807) is 11.3 Å². The Balaban J connectivity index is 1.92. The van der Waals surface area contributed by atoms with Crippen molar-refractivity contribution < 1.29 is 9.59 Å². The zero-order valence-electron chi connectivity index (χ0n) is 12.3. The SMILES string of the molecule is CC(=O)NCc1ccc(-c2csc(NC(=O)CSCC#N)n2)s1. The highest BCUT2D eigenvalue weighted by Gasteiger charge is 2.10. The fraction of sp³-hybridized carbons (Fsp3) is 0.286. The van der Waals surface area contributed by atoms with Crippen LogP contribution in [0.1, 0.15) is 11.8 Å². The molecule has 0 radical (unpaired) electrons. The number of hydrogen-bond acceptors (Lipinski definition) is 7. The van der Waals surface area contributed by atoms with Gasteiger partial charge in [-0.05, 0) is 12.1 Å². The number of nitrogens with one attached hydrogen (secondary N) is 2. The Hall–Kier alpha value is -1.89. The van der Waals surface area contributed by atoms with Gasteiger partial charge in [-0.1, -0.05) is 0 Å². The third-order valence-electron chi connectivity index (χ3n) is 2.58. The molecule has 2 aromatic rings. The Labute approximate surface area is 145 Å². The maximum Gasteiger partial charge on any atom is 0.236 e. The molecule has 0 aromatic carbocycles. The molecule has 2 heterocycles. The lowest BCUT2D eigenvalue weighted by molar-refractivity contribution is -0.119. The number of nitriles is 1. The van der Waals surface area contributed by atoms with E-state index in [0.717, 1.165) is 15.4 Å². The van der Waals surface area contributed by atoms with Gasteiger partial charge in [0.2, 0.25) is 11.8 Å². The molecular weight excluding hydrogens is 352 g/mol. The lowest BCUT2D eigenvalue weighted by Gasteiger charge is -1.99. The number of thiophene rings is 1. The van der Waals surface area contributed by atoms with Crippen molar-refractivity contribution in [2.45, 2.75) is 13.5 Å². The van der Waals surface area contributed by atoms with E-state index in [2.05, 4.69) is 15.6 Å². The van der Waals surface area contributed by atoms with Gasteiger partial charge in [0.15, 0.2) is 5.13 Å². The number of rotatable bonds is 7. The maximum atomic E-state index is 11.7. The van der Waals surface area contributed by atoms with E-state index in [1.807, 2.05) is 23.6 Å². The number of thioether (sulfide) groups is 1. The molecule has 0 fully saturated rings. The predicted molar refractivity (Wildman–Crippen MR) is 94.5 cm³/mol. The molecule has 0 aliphatic heterocycles. The smallest absolute Gasteiger partial charge is 0.236 e. The molecule has 0 bridgehead atoms. The first kappa shape index (κ1) is 17.5. The Morgan fingerprint density at radius 1 is 1.43 bits per heavy atom. The first-order valence-corrected chi connectivity index (χ1v) is 9.47. The minimum Gasteiger partial charge on any atom is -0.351 e. The molecule has 9 heteroatoms. The number of thiazole rings is 1. The maximum absolute atomic E-state index is 11.7. The van der Waals surface area contributed by atoms with Crippen molar-refractivity contribution in [3.8, 4) is 16.6 Å². The van der Waals surface area contributed by atoms with Crippen LogP contribution >= 0.6 is 34.4 Å². The summed E-state index contributed by atoms with van der Waals surface area (Å²) in [5.41, 5.74) is 0.800. The number of aromatic nitrogens is 1. The van der Waals surface area contributed by atoms with Gasteiger partial charge >= 0.3 is 0 Å². The van der Waals surface area contributed by atoms with Gasteiger partial charge < -0.3 is 10.6 Å². The molecule has 23 heavy (non-hydrogen) atoms. The molecule has 2 N–H and O–H groups in total. The van der Waals surface area contributed by atoms with Crippen molar-refractivity contribution in [1.29, 1.82) is 5.26 Å². The van der Waals surface area contributed by atoms with E-state index in [-0.39, 0.29) is 17.6 Å². The standard InChI is InChI=1S/C14H14N4O2S3/c1-9(19)16-6-10-2-3-12(23-10)11-7-22-14(17-11)18-13(20)8-21-5-4-15/h2-3,7H,5-6,8H2,1H3,(H,16,19)(H,17,18,20). The number of carbonyl (C=O) groups is 2. The van der Waals surface area contributed by atoms with Crippen LogP contribution in [0.3, 0.4) is 0 Å². The van der Waals surface area contributed by atoms with Crippen LogP contribution in [0.5, 0.6) is 0 Å². The second kappa shape index (κ2) is 8.67. The van der Waals surface area contributed by atoms with Crippen LogP contribution in [-0.4, -0.2) is 28.3 Å². The van der Waals surface area contributed by atoms with Crippen molar-refractivity contribution in [3.05, 3.63) is 22.4 Å². The van der Waals surface area contributed by atoms with E-state index in [0.29, 0.717) is 17.4 Å². The Morgan fingerprint density at radius 3 is 3.00 bits per heavy atom. The van der Waals surface area contributed by atoms with Crippen molar-refractivity contribution in [2.75, 3.05) is 16.8 Å². The quantitative estimate of drug-likeness (QED) is 0.735. The molecule has 2 amide bonds. The minimum atomic E-state index is -0.163. The van der Waals surface area contributed by atoms with Gasteiger partial charge in [-0.2, -0.15) is 5.26 Å². The van der Waals surface area contributed by atoms with Gasteiger partial charge in [0.1, 0.15) is 0 Å². The molecule has 6 nitrogen and oxygen atoms in total. The van der Waals surface area contributed by atoms with Gasteiger partial charge in [-0.25, -0.2) is 4.98 Å². The van der Waals surface area contributed by atoms with Crippen LogP contribution in [0.2, 0.25) is 0 Å². The van der Waals surface area contributed by atoms with Gasteiger partial charge in [0, 0.05) is 17.2 Å². The largest absolute Gasteiger partial charge is 0.351 e. The van der Waals surface area contributed by atoms with Crippen LogP contribution in [-0.2, 0) is 16.1 Å². The molecule has 0 unspecified atom stereocenters. The zero-order valence-corrected chi connectivity index (χ0v) is 14.7. The molecule has 0 atom stereocenters. The Kier molecular flexibility index (Phi) is 6.58. The molecule has 0 aliphatic carbocycles. The summed E-state index contributed by atoms with van der Waals surface area (Å²) in [6.45, 7) is 1.99. The van der Waals surface area contributed by atoms with E-state index in [1.165, 1.54) is 30.0 Å². The molecule has 0 saturated heterocycles. The summed E-state index contributed by atoms with van der Waals surface area (Å²) in [5, 5.41) is 16.3. The van der Waals surface area contributed by atoms with Gasteiger partial charge in [0.25, 0.3) is 0 Å². The van der Waals surface area contributed by atoms with Crippen LogP contribution in [0, 0.1) is 11.3 Å². The van der Waals surface area contributed by atoms with E-state index in [4.69, 9.17) is 5.26 Å². The van der Waals surface area contributed by atoms with Crippen molar-refractivity contribution in [2.24, 2.45) is 0 Å². The molecule has 0 aliphatic rings. The molecule has 0 saturated carbocycles. The number of carbonyl (C=O) groups excluding carboxylic acids is 2. The first-order valence-electron chi connectivity index (χ1n) is 6.62. The highest BCUT2D eigenvalue weighted by molar-refractivity contribution is 8.00. The lowest BCUT2D eigenvalue weighted by Crippen LogP contribution is -2.17. The summed E-state index contributed by atoms with van der Waals surface area (Å²) in [6, 6.07) is 5.88. The predicted octanol–water partition coefficient (Wildman–Crippen LogP) is 2.70. The summed E-state index contributed by atoms with van der Waals surface area (Å²) in [4.78, 5) is 29.0. The average molecular weight is 366 g/mol. The fourth-order valence-corrected chi connectivity index (χ4v) is 3.77. The summed E-state index contributed by atoms with van der Waals surface area (Å²) >= 11 is 4.18. The Morgan fingerprint density at radius 2 is 2.26 bits per heavy atom. The van der Waals surface area contributed by atoms with Crippen molar-refractivity contribution >= 4 is 51.4 Å². The van der Waals surface area contributed by atoms with Crippen LogP contribution in [0.15, 0.2) is 17.5 Å². The summed E-state index contributed by atoms with van der Waals surface area (Å²) in [7, 11) is 0. The van der Waals surface area contributed by atoms with E-state index in [9.17, 15) is 9.59 Å². The molecule has 2 rings (SSSR count). The fourth-order valence-electron chi connectivity index (χ4n) is 1.61. The molecule has 2 aromatic heterocycles. The first-order chi connectivity index (χ1) is 11.1. The van der Waals surface area contributed by atoms with Crippen LogP contribution in [0.4, 0.5) is 5.13 Å². The van der Waals surface area contributed by atoms with Crippen molar-refractivity contribution in [3.63, 3.8) is 0 Å². The molecule has 120 valence electrons. The van der Waals surface area contributed by atoms with Crippen LogP contribution < -0.4 is 10.6 Å². The van der Waals surface area contributed by atoms with Gasteiger partial charge in [-0.15, -0.1) is 34.4 Å². The summed E-state index contributed by atoms with van der Waals surface area (Å²) < 4.78 is 0. The van der Waals surface area contributed by atoms with Crippen molar-refractivity contribution in [1.82, 2.24) is 10.3 Å². The number of amides is 2. The minimum absolute atomic E-state index is 0.0622. The normalized spacial score (nSPS) is 10.1. The molecular formula is C14H14N4O2S3. The highest BCUT2D eigenvalue weighted by Crippen LogP contribution is 2.30. The monoisotopic (exact) mass is 366 g/mol. The average Bonchev–Trinajstić information content (AvgIpc) is 3.14. The van der Waals surface area contributed by atoms with Crippen LogP contribution in [0.25, 0.3) is 10.6 Å². The summed E-state index contributed by atoms with van der Waals surface area (Å²) in [6.07, 6.45) is 0. The lowest BCUT2D eigenvalue weighted by atomic mass is 10.3. The second-order valence-corrected chi connectivity index (χ2v) is 7.42. The third-order valence-corrected chi connectivity index (χ3v) is 5.24. The zero-order chi connectivity index (χ0) is 16.7. The topological polar surface area (TPSA) is 94.9 Å².